The number of fused-ring (bicyclic) bond motifs is 1. The molecule has 0 aromatic carbocycles. The first kappa shape index (κ1) is 27.1. The lowest BCUT2D eigenvalue weighted by molar-refractivity contribution is -0.122. The summed E-state index contributed by atoms with van der Waals surface area (Å²) >= 11 is 6.65. The van der Waals surface area contributed by atoms with Crippen LogP contribution in [0.25, 0.3) is 11.7 Å². The summed E-state index contributed by atoms with van der Waals surface area (Å²) < 4.78 is 12.5. The first-order valence-corrected chi connectivity index (χ1v) is 13.6. The normalized spacial score (nSPS) is 17.4. The van der Waals surface area contributed by atoms with Crippen molar-refractivity contribution < 1.29 is 19.1 Å². The number of ether oxygens (including phenoxy) is 2. The first-order valence-electron chi connectivity index (χ1n) is 12.4. The molecule has 0 bridgehead atoms. The summed E-state index contributed by atoms with van der Waals surface area (Å²) in [6.07, 6.45) is 3.61. The number of aryl methyl sites for hydroxylation is 1. The Labute approximate surface area is 225 Å². The van der Waals surface area contributed by atoms with Crippen molar-refractivity contribution in [2.24, 2.45) is 0 Å². The van der Waals surface area contributed by atoms with Crippen LogP contribution in [0.15, 0.2) is 28.0 Å². The van der Waals surface area contributed by atoms with E-state index < -0.39 is 0 Å². The maximum Gasteiger partial charge on any atom is 0.409 e. The van der Waals surface area contributed by atoms with E-state index in [1.807, 2.05) is 24.8 Å². The Morgan fingerprint density at radius 2 is 1.95 bits per heavy atom. The van der Waals surface area contributed by atoms with Gasteiger partial charge in [-0.3, -0.25) is 18.9 Å². The van der Waals surface area contributed by atoms with Gasteiger partial charge in [-0.1, -0.05) is 30.0 Å². The molecule has 2 aromatic rings. The average Bonchev–Trinajstić information content (AvgIpc) is 3.16. The van der Waals surface area contributed by atoms with Gasteiger partial charge in [-0.05, 0) is 44.9 Å². The van der Waals surface area contributed by atoms with Crippen molar-refractivity contribution in [3.63, 3.8) is 0 Å². The Balaban J connectivity index is 1.68. The minimum atomic E-state index is -0.349. The lowest BCUT2D eigenvalue weighted by Gasteiger charge is -2.35. The molecule has 4 heterocycles. The van der Waals surface area contributed by atoms with Crippen molar-refractivity contribution in [3.8, 4) is 0 Å². The molecule has 0 saturated carbocycles. The molecule has 0 aliphatic carbocycles. The third-order valence-corrected chi connectivity index (χ3v) is 7.57. The molecular formula is C25H31N5O5S2. The molecule has 2 fully saturated rings. The van der Waals surface area contributed by atoms with Crippen LogP contribution in [-0.2, 0) is 14.3 Å². The molecule has 10 nitrogen and oxygen atoms in total. The number of anilines is 1. The molecule has 0 radical (unpaired) electrons. The fraction of sp³-hybridized carbons (Fsp3) is 0.480. The molecule has 0 atom stereocenters. The van der Waals surface area contributed by atoms with Crippen molar-refractivity contribution in [3.05, 3.63) is 44.7 Å². The van der Waals surface area contributed by atoms with E-state index in [1.54, 1.807) is 35.1 Å². The highest BCUT2D eigenvalue weighted by atomic mass is 32.2. The number of carbonyl (C=O) groups excluding carboxylic acids is 2. The number of carbonyl (C=O) groups is 2. The highest BCUT2D eigenvalue weighted by molar-refractivity contribution is 8.26. The zero-order valence-electron chi connectivity index (χ0n) is 21.3. The van der Waals surface area contributed by atoms with Crippen LogP contribution in [-0.4, -0.2) is 88.0 Å². The second kappa shape index (κ2) is 12.1. The van der Waals surface area contributed by atoms with Gasteiger partial charge in [0.15, 0.2) is 0 Å². The summed E-state index contributed by atoms with van der Waals surface area (Å²) in [5, 5.41) is 0. The molecule has 2 aliphatic rings. The molecule has 198 valence electrons. The van der Waals surface area contributed by atoms with Crippen LogP contribution in [0.3, 0.4) is 0 Å². The molecular weight excluding hydrogens is 514 g/mol. The number of nitrogens with zero attached hydrogens (tertiary/aromatic N) is 5. The molecule has 2 saturated heterocycles. The standard InChI is InChI=1S/C25H31N5O5S2/c1-4-34-15-7-10-30-23(32)19(37-25(30)36)16-18-21(26-20-17(3)8-6-9-29(20)22(18)31)27-11-13-28(14-12-27)24(33)35-5-2/h6,8-9,16H,4-5,7,10-15H2,1-3H3. The van der Waals surface area contributed by atoms with Crippen LogP contribution in [0.1, 0.15) is 31.4 Å². The molecule has 2 aromatic heterocycles. The molecule has 4 rings (SSSR count). The predicted octanol–water partition coefficient (Wildman–Crippen LogP) is 2.91. The van der Waals surface area contributed by atoms with Crippen LogP contribution in [0.4, 0.5) is 10.6 Å². The van der Waals surface area contributed by atoms with Crippen molar-refractivity contribution >= 4 is 57.8 Å². The lowest BCUT2D eigenvalue weighted by atomic mass is 10.2. The van der Waals surface area contributed by atoms with E-state index in [0.717, 1.165) is 5.56 Å². The zero-order chi connectivity index (χ0) is 26.5. The topological polar surface area (TPSA) is 96.7 Å². The van der Waals surface area contributed by atoms with Crippen molar-refractivity contribution in [1.29, 1.82) is 0 Å². The van der Waals surface area contributed by atoms with E-state index in [2.05, 4.69) is 0 Å². The Morgan fingerprint density at radius 3 is 2.65 bits per heavy atom. The molecule has 37 heavy (non-hydrogen) atoms. The molecule has 2 amide bonds. The fourth-order valence-electron chi connectivity index (χ4n) is 4.28. The molecule has 12 heteroatoms. The number of piperazine rings is 1. The SMILES string of the molecule is CCOCCCN1C(=O)C(=Cc2c(N3CCN(C(=O)OCC)CC3)nc3c(C)cccn3c2=O)SC1=S. The summed E-state index contributed by atoms with van der Waals surface area (Å²) in [6, 6.07) is 3.70. The predicted molar refractivity (Wildman–Crippen MR) is 148 cm³/mol. The zero-order valence-corrected chi connectivity index (χ0v) is 22.9. The van der Waals surface area contributed by atoms with Gasteiger partial charge in [0.05, 0.1) is 17.1 Å². The number of thiocarbonyl (C=S) groups is 1. The minimum Gasteiger partial charge on any atom is -0.450 e. The minimum absolute atomic E-state index is 0.224. The largest absolute Gasteiger partial charge is 0.450 e. The molecule has 2 aliphatic heterocycles. The maximum atomic E-state index is 13.7. The summed E-state index contributed by atoms with van der Waals surface area (Å²) in [5.74, 6) is 0.266. The fourth-order valence-corrected chi connectivity index (χ4v) is 5.57. The van der Waals surface area contributed by atoms with Gasteiger partial charge in [-0.2, -0.15) is 0 Å². The van der Waals surface area contributed by atoms with Gasteiger partial charge in [0.1, 0.15) is 15.8 Å². The molecule has 0 unspecified atom stereocenters. The van der Waals surface area contributed by atoms with Crippen LogP contribution < -0.4 is 10.5 Å². The van der Waals surface area contributed by atoms with Gasteiger partial charge in [-0.25, -0.2) is 9.78 Å². The van der Waals surface area contributed by atoms with Gasteiger partial charge < -0.3 is 19.3 Å². The number of rotatable bonds is 8. The quantitative estimate of drug-likeness (QED) is 0.282. The van der Waals surface area contributed by atoms with Gasteiger partial charge >= 0.3 is 6.09 Å². The molecule has 0 N–H and O–H groups in total. The number of amides is 2. The Hall–Kier alpha value is -2.96. The summed E-state index contributed by atoms with van der Waals surface area (Å²) in [5.41, 5.74) is 1.47. The smallest absolute Gasteiger partial charge is 0.409 e. The average molecular weight is 546 g/mol. The van der Waals surface area contributed by atoms with Crippen LogP contribution in [0.5, 0.6) is 0 Å². The van der Waals surface area contributed by atoms with E-state index in [-0.39, 0.29) is 17.6 Å². The Bertz CT molecular complexity index is 1290. The van der Waals surface area contributed by atoms with Gasteiger partial charge in [0.25, 0.3) is 11.5 Å². The van der Waals surface area contributed by atoms with Crippen LogP contribution in [0, 0.1) is 6.92 Å². The molecule has 0 spiro atoms. The first-order chi connectivity index (χ1) is 17.8. The summed E-state index contributed by atoms with van der Waals surface area (Å²) in [7, 11) is 0. The highest BCUT2D eigenvalue weighted by Crippen LogP contribution is 2.34. The number of pyridine rings is 1. The Kier molecular flexibility index (Phi) is 8.83. The van der Waals surface area contributed by atoms with Crippen molar-refractivity contribution in [2.75, 3.05) is 57.4 Å². The second-order valence-corrected chi connectivity index (χ2v) is 10.3. The van der Waals surface area contributed by atoms with Gasteiger partial charge in [0.2, 0.25) is 0 Å². The van der Waals surface area contributed by atoms with Gasteiger partial charge in [-0.15, -0.1) is 0 Å². The third-order valence-electron chi connectivity index (χ3n) is 6.19. The lowest BCUT2D eigenvalue weighted by Crippen LogP contribution is -2.49. The van der Waals surface area contributed by atoms with Gasteiger partial charge in [0, 0.05) is 52.1 Å². The second-order valence-electron chi connectivity index (χ2n) is 8.60. The summed E-state index contributed by atoms with van der Waals surface area (Å²) in [6.45, 7) is 9.37. The van der Waals surface area contributed by atoms with Crippen molar-refractivity contribution in [2.45, 2.75) is 27.2 Å². The van der Waals surface area contributed by atoms with Crippen LogP contribution >= 0.6 is 24.0 Å². The van der Waals surface area contributed by atoms with E-state index in [1.165, 1.54) is 16.2 Å². The third kappa shape index (κ3) is 5.81. The monoisotopic (exact) mass is 545 g/mol. The van der Waals surface area contributed by atoms with E-state index in [0.29, 0.717) is 85.2 Å². The van der Waals surface area contributed by atoms with E-state index in [9.17, 15) is 14.4 Å². The van der Waals surface area contributed by atoms with E-state index >= 15 is 0 Å². The number of hydrogen-bond acceptors (Lipinski definition) is 9. The highest BCUT2D eigenvalue weighted by Gasteiger charge is 2.33. The van der Waals surface area contributed by atoms with Crippen molar-refractivity contribution in [1.82, 2.24) is 19.2 Å². The number of aromatic nitrogens is 2. The summed E-state index contributed by atoms with van der Waals surface area (Å²) in [4.78, 5) is 49.5. The van der Waals surface area contributed by atoms with E-state index in [4.69, 9.17) is 26.7 Å². The number of hydrogen-bond donors (Lipinski definition) is 0. The maximum absolute atomic E-state index is 13.7. The Morgan fingerprint density at radius 1 is 1.19 bits per heavy atom. The van der Waals surface area contributed by atoms with Crippen LogP contribution in [0.2, 0.25) is 0 Å². The number of thioether (sulfide) groups is 1.